The second-order valence-corrected chi connectivity index (χ2v) is 4.84. The predicted molar refractivity (Wildman–Crippen MR) is 78.8 cm³/mol. The summed E-state index contributed by atoms with van der Waals surface area (Å²) in [4.78, 5) is 12.7. The molecule has 0 amide bonds. The predicted octanol–water partition coefficient (Wildman–Crippen LogP) is 3.05. The molecule has 106 valence electrons. The van der Waals surface area contributed by atoms with E-state index in [4.69, 9.17) is 21.8 Å². The van der Waals surface area contributed by atoms with E-state index in [2.05, 4.69) is 15.0 Å². The molecule has 0 fully saturated rings. The number of benzene rings is 1. The normalized spacial score (nSPS) is 10.8. The van der Waals surface area contributed by atoms with E-state index in [9.17, 15) is 5.11 Å². The number of phenols is 1. The Hall–Kier alpha value is -2.60. The molecule has 6 nitrogen and oxygen atoms in total. The summed E-state index contributed by atoms with van der Waals surface area (Å²) in [5.74, 6) is 1.24. The summed E-state index contributed by atoms with van der Waals surface area (Å²) in [5.41, 5.74) is 7.31. The van der Waals surface area contributed by atoms with Gasteiger partial charge >= 0.3 is 0 Å². The van der Waals surface area contributed by atoms with Crippen molar-refractivity contribution in [3.05, 3.63) is 41.4 Å². The highest BCUT2D eigenvalue weighted by Gasteiger charge is 2.16. The number of hydrogen-bond acceptors (Lipinski definition) is 6. The Morgan fingerprint density at radius 1 is 1.19 bits per heavy atom. The van der Waals surface area contributed by atoms with Crippen LogP contribution < -0.4 is 5.73 Å². The summed E-state index contributed by atoms with van der Waals surface area (Å²) >= 11 is 5.94. The Morgan fingerprint density at radius 2 is 2.00 bits per heavy atom. The van der Waals surface area contributed by atoms with Crippen LogP contribution in [0.3, 0.4) is 0 Å². The third-order valence-corrected chi connectivity index (χ3v) is 3.14. The van der Waals surface area contributed by atoms with E-state index in [0.29, 0.717) is 28.6 Å². The van der Waals surface area contributed by atoms with Crippen LogP contribution in [-0.2, 0) is 0 Å². The first-order valence-corrected chi connectivity index (χ1v) is 6.46. The van der Waals surface area contributed by atoms with Gasteiger partial charge in [0.05, 0.1) is 17.4 Å². The molecule has 7 heteroatoms. The van der Waals surface area contributed by atoms with Crippen LogP contribution in [0.2, 0.25) is 5.02 Å². The molecule has 0 spiro atoms. The molecular formula is C14H11ClN4O2. The molecule has 2 heterocycles. The van der Waals surface area contributed by atoms with Gasteiger partial charge in [0, 0.05) is 5.56 Å². The number of hydrogen-bond donors (Lipinski definition) is 2. The van der Waals surface area contributed by atoms with E-state index >= 15 is 0 Å². The Bertz CT molecular complexity index is 816. The minimum atomic E-state index is -0.00246. The minimum Gasteiger partial charge on any atom is -0.506 e. The SMILES string of the molecule is Cc1cnc(-c2nc(N)cnc2-c2ccc(O)c(Cl)c2)o1. The van der Waals surface area contributed by atoms with Gasteiger partial charge in [0.2, 0.25) is 5.89 Å². The molecule has 0 aliphatic rings. The highest BCUT2D eigenvalue weighted by atomic mass is 35.5. The van der Waals surface area contributed by atoms with E-state index in [1.807, 2.05) is 0 Å². The fourth-order valence-corrected chi connectivity index (χ4v) is 2.06. The van der Waals surface area contributed by atoms with Crippen molar-refractivity contribution in [3.8, 4) is 28.6 Å². The Balaban J connectivity index is 2.20. The molecule has 0 saturated carbocycles. The molecule has 0 radical (unpaired) electrons. The molecule has 0 unspecified atom stereocenters. The maximum absolute atomic E-state index is 9.51. The second kappa shape index (κ2) is 5.06. The van der Waals surface area contributed by atoms with Crippen LogP contribution in [0.15, 0.2) is 35.0 Å². The van der Waals surface area contributed by atoms with Gasteiger partial charge < -0.3 is 15.3 Å². The van der Waals surface area contributed by atoms with Gasteiger partial charge in [0.25, 0.3) is 0 Å². The Morgan fingerprint density at radius 3 is 2.67 bits per heavy atom. The summed E-state index contributed by atoms with van der Waals surface area (Å²) in [6, 6.07) is 4.76. The molecule has 0 aliphatic heterocycles. The molecule has 3 aromatic rings. The number of phenolic OH excluding ortho intramolecular Hbond substituents is 1. The zero-order valence-corrected chi connectivity index (χ0v) is 11.8. The van der Waals surface area contributed by atoms with Crippen molar-refractivity contribution in [3.63, 3.8) is 0 Å². The van der Waals surface area contributed by atoms with E-state index in [0.717, 1.165) is 0 Å². The van der Waals surface area contributed by atoms with Gasteiger partial charge in [0.15, 0.2) is 5.69 Å². The molecule has 21 heavy (non-hydrogen) atoms. The van der Waals surface area contributed by atoms with Crippen LogP contribution in [0.1, 0.15) is 5.76 Å². The molecule has 1 aromatic carbocycles. The minimum absolute atomic E-state index is 0.00246. The van der Waals surface area contributed by atoms with Crippen LogP contribution in [0, 0.1) is 6.92 Å². The van der Waals surface area contributed by atoms with Crippen LogP contribution >= 0.6 is 11.6 Å². The van der Waals surface area contributed by atoms with Gasteiger partial charge in [-0.25, -0.2) is 15.0 Å². The van der Waals surface area contributed by atoms with Gasteiger partial charge in [-0.2, -0.15) is 0 Å². The molecule has 0 saturated heterocycles. The summed E-state index contributed by atoms with van der Waals surface area (Å²) in [5, 5.41) is 9.73. The quantitative estimate of drug-likeness (QED) is 0.755. The van der Waals surface area contributed by atoms with Crippen molar-refractivity contribution in [2.45, 2.75) is 6.92 Å². The number of aryl methyl sites for hydroxylation is 1. The first-order chi connectivity index (χ1) is 10.0. The highest BCUT2D eigenvalue weighted by Crippen LogP contribution is 2.33. The topological polar surface area (TPSA) is 98.1 Å². The smallest absolute Gasteiger partial charge is 0.247 e. The number of aromatic hydroxyl groups is 1. The Kier molecular flexibility index (Phi) is 3.23. The van der Waals surface area contributed by atoms with Gasteiger partial charge in [-0.3, -0.25) is 0 Å². The average molecular weight is 303 g/mol. The lowest BCUT2D eigenvalue weighted by molar-refractivity contribution is 0.475. The van der Waals surface area contributed by atoms with Crippen molar-refractivity contribution >= 4 is 17.4 Å². The van der Waals surface area contributed by atoms with E-state index in [1.54, 1.807) is 25.3 Å². The molecule has 3 N–H and O–H groups in total. The standard InChI is InChI=1S/C14H11ClN4O2/c1-7-5-18-14(21-7)13-12(17-6-11(16)19-13)8-2-3-10(20)9(15)4-8/h2-6,20H,1H3,(H2,16,19). The third kappa shape index (κ3) is 2.53. The van der Waals surface area contributed by atoms with E-state index in [-0.39, 0.29) is 16.6 Å². The largest absolute Gasteiger partial charge is 0.506 e. The van der Waals surface area contributed by atoms with Gasteiger partial charge in [-0.1, -0.05) is 11.6 Å². The summed E-state index contributed by atoms with van der Waals surface area (Å²) in [7, 11) is 0. The third-order valence-electron chi connectivity index (χ3n) is 2.84. The van der Waals surface area contributed by atoms with E-state index < -0.39 is 0 Å². The fourth-order valence-electron chi connectivity index (χ4n) is 1.88. The monoisotopic (exact) mass is 302 g/mol. The van der Waals surface area contributed by atoms with Crippen LogP contribution in [0.25, 0.3) is 22.8 Å². The molecule has 3 rings (SSSR count). The lowest BCUT2D eigenvalue weighted by Crippen LogP contribution is -1.98. The van der Waals surface area contributed by atoms with Crippen LogP contribution in [0.4, 0.5) is 5.82 Å². The van der Waals surface area contributed by atoms with Gasteiger partial charge in [-0.15, -0.1) is 0 Å². The maximum atomic E-state index is 9.51. The van der Waals surface area contributed by atoms with Crippen LogP contribution in [0.5, 0.6) is 5.75 Å². The number of rotatable bonds is 2. The first-order valence-electron chi connectivity index (χ1n) is 6.09. The summed E-state index contributed by atoms with van der Waals surface area (Å²) in [6.45, 7) is 1.79. The molecule has 2 aromatic heterocycles. The second-order valence-electron chi connectivity index (χ2n) is 4.43. The van der Waals surface area contributed by atoms with Crippen LogP contribution in [-0.4, -0.2) is 20.1 Å². The van der Waals surface area contributed by atoms with Crippen molar-refractivity contribution in [2.75, 3.05) is 5.73 Å². The summed E-state index contributed by atoms with van der Waals surface area (Å²) in [6.07, 6.45) is 3.03. The van der Waals surface area contributed by atoms with Crippen molar-refractivity contribution in [1.82, 2.24) is 15.0 Å². The van der Waals surface area contributed by atoms with E-state index in [1.165, 1.54) is 12.3 Å². The lowest BCUT2D eigenvalue weighted by atomic mass is 10.1. The maximum Gasteiger partial charge on any atom is 0.247 e. The first kappa shape index (κ1) is 13.4. The highest BCUT2D eigenvalue weighted by molar-refractivity contribution is 6.32. The molecule has 0 atom stereocenters. The number of nitrogens with two attached hydrogens (primary N) is 1. The zero-order chi connectivity index (χ0) is 15.0. The lowest BCUT2D eigenvalue weighted by Gasteiger charge is -2.07. The molecule has 0 bridgehead atoms. The van der Waals surface area contributed by atoms with Crippen molar-refractivity contribution in [1.29, 1.82) is 0 Å². The zero-order valence-electron chi connectivity index (χ0n) is 11.0. The summed E-state index contributed by atoms with van der Waals surface area (Å²) < 4.78 is 5.49. The van der Waals surface area contributed by atoms with Crippen molar-refractivity contribution in [2.24, 2.45) is 0 Å². The van der Waals surface area contributed by atoms with Crippen molar-refractivity contribution < 1.29 is 9.52 Å². The average Bonchev–Trinajstić information content (AvgIpc) is 2.88. The number of oxazole rings is 1. The van der Waals surface area contributed by atoms with Gasteiger partial charge in [-0.05, 0) is 25.1 Å². The number of aromatic nitrogens is 3. The van der Waals surface area contributed by atoms with Gasteiger partial charge in [0.1, 0.15) is 23.0 Å². The Labute approximate surface area is 125 Å². The molecular weight excluding hydrogens is 292 g/mol. The number of anilines is 1. The number of nitrogen functional groups attached to an aromatic ring is 1. The number of halogens is 1. The fraction of sp³-hybridized carbons (Fsp3) is 0.0714. The number of nitrogens with zero attached hydrogens (tertiary/aromatic N) is 3. The molecule has 0 aliphatic carbocycles.